The molecule has 0 radical (unpaired) electrons. The van der Waals surface area contributed by atoms with Crippen molar-refractivity contribution < 1.29 is 17.9 Å². The second-order valence-electron chi connectivity index (χ2n) is 5.15. The Morgan fingerprint density at radius 1 is 1.33 bits per heavy atom. The zero-order chi connectivity index (χ0) is 13.3. The topological polar surface area (TPSA) is 70.8 Å². The molecule has 1 aromatic heterocycles. The highest BCUT2D eigenvalue weighted by Gasteiger charge is 2.33. The summed E-state index contributed by atoms with van der Waals surface area (Å²) in [6.07, 6.45) is 1.05. The van der Waals surface area contributed by atoms with E-state index in [-0.39, 0.29) is 17.5 Å². The van der Waals surface area contributed by atoms with E-state index in [0.29, 0.717) is 24.9 Å². The van der Waals surface area contributed by atoms with Gasteiger partial charge in [0.1, 0.15) is 12.4 Å². The molecule has 1 fully saturated rings. The van der Waals surface area contributed by atoms with Gasteiger partial charge in [0.15, 0.2) is 0 Å². The first-order chi connectivity index (χ1) is 8.43. The van der Waals surface area contributed by atoms with E-state index in [2.05, 4.69) is 13.8 Å². The number of rotatable bonds is 3. The number of hydrogen-bond acceptors (Lipinski definition) is 4. The highest BCUT2D eigenvalue weighted by atomic mass is 32.2. The molecular weight excluding hydrogens is 254 g/mol. The van der Waals surface area contributed by atoms with Gasteiger partial charge in [0.25, 0.3) is 10.0 Å². The van der Waals surface area contributed by atoms with Gasteiger partial charge >= 0.3 is 0 Å². The van der Waals surface area contributed by atoms with Crippen molar-refractivity contribution in [1.29, 1.82) is 0 Å². The van der Waals surface area contributed by atoms with Crippen LogP contribution >= 0.6 is 0 Å². The zero-order valence-electron chi connectivity index (χ0n) is 10.7. The van der Waals surface area contributed by atoms with Gasteiger partial charge in [-0.15, -0.1) is 0 Å². The molecule has 102 valence electrons. The molecule has 0 spiro atoms. The summed E-state index contributed by atoms with van der Waals surface area (Å²) in [5.74, 6) is 0.985. The first-order valence-electron chi connectivity index (χ1n) is 6.13. The summed E-state index contributed by atoms with van der Waals surface area (Å²) >= 11 is 0. The second-order valence-corrected chi connectivity index (χ2v) is 7.02. The van der Waals surface area contributed by atoms with Crippen molar-refractivity contribution in [2.45, 2.75) is 32.0 Å². The number of aliphatic hydroxyl groups is 1. The van der Waals surface area contributed by atoms with Gasteiger partial charge in [-0.05, 0) is 30.4 Å². The SMILES string of the molecule is CC1CC(C)CN(S(=O)(=O)c2ccc(CO)o2)C1. The van der Waals surface area contributed by atoms with E-state index in [1.54, 1.807) is 0 Å². The Bertz CT molecular complexity index is 498. The van der Waals surface area contributed by atoms with Crippen LogP contribution < -0.4 is 0 Å². The van der Waals surface area contributed by atoms with E-state index in [4.69, 9.17) is 9.52 Å². The van der Waals surface area contributed by atoms with Gasteiger partial charge in [-0.25, -0.2) is 8.42 Å². The number of aliphatic hydroxyl groups excluding tert-OH is 1. The third-order valence-corrected chi connectivity index (χ3v) is 4.93. The fraction of sp³-hybridized carbons (Fsp3) is 0.667. The highest BCUT2D eigenvalue weighted by Crippen LogP contribution is 2.27. The predicted octanol–water partition coefficient (Wildman–Crippen LogP) is 1.44. The summed E-state index contributed by atoms with van der Waals surface area (Å²) in [7, 11) is -3.56. The molecule has 1 aromatic rings. The molecule has 0 bridgehead atoms. The molecule has 2 atom stereocenters. The Kier molecular flexibility index (Phi) is 3.79. The lowest BCUT2D eigenvalue weighted by Gasteiger charge is -2.33. The van der Waals surface area contributed by atoms with Crippen LogP contribution in [0, 0.1) is 11.8 Å². The lowest BCUT2D eigenvalue weighted by atomic mass is 9.94. The lowest BCUT2D eigenvalue weighted by Crippen LogP contribution is -2.42. The van der Waals surface area contributed by atoms with Crippen molar-refractivity contribution in [2.75, 3.05) is 13.1 Å². The number of hydrogen-bond donors (Lipinski definition) is 1. The van der Waals surface area contributed by atoms with Crippen LogP contribution in [0.1, 0.15) is 26.0 Å². The average molecular weight is 273 g/mol. The minimum absolute atomic E-state index is 0.0761. The van der Waals surface area contributed by atoms with Crippen molar-refractivity contribution in [3.8, 4) is 0 Å². The summed E-state index contributed by atoms with van der Waals surface area (Å²) in [4.78, 5) is 0. The average Bonchev–Trinajstić information content (AvgIpc) is 2.76. The van der Waals surface area contributed by atoms with Crippen LogP contribution in [0.25, 0.3) is 0 Å². The number of nitrogens with zero attached hydrogens (tertiary/aromatic N) is 1. The summed E-state index contributed by atoms with van der Waals surface area (Å²) in [6, 6.07) is 2.90. The van der Waals surface area contributed by atoms with Crippen LogP contribution in [0.15, 0.2) is 21.6 Å². The summed E-state index contributed by atoms with van der Waals surface area (Å²) in [5, 5.41) is 8.83. The first-order valence-corrected chi connectivity index (χ1v) is 7.57. The Morgan fingerprint density at radius 3 is 2.44 bits per heavy atom. The molecule has 2 unspecified atom stereocenters. The van der Waals surface area contributed by atoms with Crippen LogP contribution in [0.5, 0.6) is 0 Å². The van der Waals surface area contributed by atoms with E-state index in [0.717, 1.165) is 6.42 Å². The van der Waals surface area contributed by atoms with Gasteiger partial charge in [-0.2, -0.15) is 4.31 Å². The smallest absolute Gasteiger partial charge is 0.276 e. The molecule has 6 heteroatoms. The third kappa shape index (κ3) is 2.60. The molecule has 2 heterocycles. The maximum atomic E-state index is 12.4. The molecule has 18 heavy (non-hydrogen) atoms. The Hall–Kier alpha value is -0.850. The Morgan fingerprint density at radius 2 is 1.94 bits per heavy atom. The van der Waals surface area contributed by atoms with Gasteiger partial charge in [-0.1, -0.05) is 13.8 Å². The largest absolute Gasteiger partial charge is 0.446 e. The molecule has 1 aliphatic heterocycles. The molecule has 0 amide bonds. The molecule has 0 saturated carbocycles. The standard InChI is InChI=1S/C12H19NO4S/c1-9-5-10(2)7-13(6-9)18(15,16)12-4-3-11(8-14)17-12/h3-4,9-10,14H,5-8H2,1-2H3. The molecule has 1 aliphatic rings. The number of furan rings is 1. The van der Waals surface area contributed by atoms with Gasteiger partial charge < -0.3 is 9.52 Å². The number of piperidine rings is 1. The monoisotopic (exact) mass is 273 g/mol. The van der Waals surface area contributed by atoms with Crippen molar-refractivity contribution in [3.05, 3.63) is 17.9 Å². The van der Waals surface area contributed by atoms with Crippen LogP contribution in [-0.2, 0) is 16.6 Å². The van der Waals surface area contributed by atoms with Crippen LogP contribution in [0.3, 0.4) is 0 Å². The molecule has 1 N–H and O–H groups in total. The maximum Gasteiger partial charge on any atom is 0.276 e. The summed E-state index contributed by atoms with van der Waals surface area (Å²) in [6.45, 7) is 4.88. The normalized spacial score (nSPS) is 26.4. The quantitative estimate of drug-likeness (QED) is 0.904. The van der Waals surface area contributed by atoms with E-state index >= 15 is 0 Å². The molecule has 2 rings (SSSR count). The van der Waals surface area contributed by atoms with Gasteiger partial charge in [0, 0.05) is 13.1 Å². The van der Waals surface area contributed by atoms with E-state index in [1.807, 2.05) is 0 Å². The van der Waals surface area contributed by atoms with Gasteiger partial charge in [-0.3, -0.25) is 0 Å². The molecule has 1 saturated heterocycles. The number of sulfonamides is 1. The van der Waals surface area contributed by atoms with Crippen molar-refractivity contribution >= 4 is 10.0 Å². The Labute approximate surface area is 107 Å². The Balaban J connectivity index is 2.25. The van der Waals surface area contributed by atoms with Crippen LogP contribution in [-0.4, -0.2) is 30.9 Å². The van der Waals surface area contributed by atoms with Crippen molar-refractivity contribution in [3.63, 3.8) is 0 Å². The minimum atomic E-state index is -3.56. The highest BCUT2D eigenvalue weighted by molar-refractivity contribution is 7.89. The third-order valence-electron chi connectivity index (χ3n) is 3.22. The van der Waals surface area contributed by atoms with E-state index < -0.39 is 10.0 Å². The fourth-order valence-corrected chi connectivity index (χ4v) is 4.12. The minimum Gasteiger partial charge on any atom is -0.446 e. The lowest BCUT2D eigenvalue weighted by molar-refractivity contribution is 0.213. The molecule has 0 aliphatic carbocycles. The second kappa shape index (κ2) is 5.03. The fourth-order valence-electron chi connectivity index (χ4n) is 2.51. The van der Waals surface area contributed by atoms with E-state index in [9.17, 15) is 8.42 Å². The summed E-state index contributed by atoms with van der Waals surface area (Å²) < 4.78 is 31.3. The van der Waals surface area contributed by atoms with Gasteiger partial charge in [0.2, 0.25) is 5.09 Å². The van der Waals surface area contributed by atoms with Crippen molar-refractivity contribution in [2.24, 2.45) is 11.8 Å². The zero-order valence-corrected chi connectivity index (χ0v) is 11.5. The van der Waals surface area contributed by atoms with Crippen LogP contribution in [0.4, 0.5) is 0 Å². The van der Waals surface area contributed by atoms with E-state index in [1.165, 1.54) is 16.4 Å². The molecular formula is C12H19NO4S. The summed E-state index contributed by atoms with van der Waals surface area (Å²) in [5.41, 5.74) is 0. The molecule has 5 nitrogen and oxygen atoms in total. The maximum absolute atomic E-state index is 12.4. The predicted molar refractivity (Wildman–Crippen MR) is 66.3 cm³/mol. The van der Waals surface area contributed by atoms with Gasteiger partial charge in [0.05, 0.1) is 0 Å². The first kappa shape index (κ1) is 13.6. The van der Waals surface area contributed by atoms with Crippen LogP contribution in [0.2, 0.25) is 0 Å². The van der Waals surface area contributed by atoms with Crippen molar-refractivity contribution in [1.82, 2.24) is 4.31 Å². The molecule has 0 aromatic carbocycles.